The van der Waals surface area contributed by atoms with Gasteiger partial charge in [-0.3, -0.25) is 0 Å². The average molecular weight is 414 g/mol. The van der Waals surface area contributed by atoms with Crippen LogP contribution in [0.2, 0.25) is 0 Å². The molecule has 4 heteroatoms. The van der Waals surface area contributed by atoms with E-state index < -0.39 is 0 Å². The topological polar surface area (TPSA) is 39.7 Å². The van der Waals surface area contributed by atoms with Crippen LogP contribution in [0, 0.1) is 20.8 Å². The van der Waals surface area contributed by atoms with Crippen molar-refractivity contribution in [3.05, 3.63) is 106 Å². The Morgan fingerprint density at radius 3 is 2.19 bits per heavy atom. The molecule has 31 heavy (non-hydrogen) atoms. The molecular formula is C27H27NO3. The molecular weight excluding hydrogens is 386 g/mol. The number of fused-ring (bicyclic) bond motifs is 1. The second-order valence-corrected chi connectivity index (χ2v) is 8.24. The van der Waals surface area contributed by atoms with Gasteiger partial charge in [0.1, 0.15) is 18.3 Å². The minimum atomic E-state index is -0.346. The van der Waals surface area contributed by atoms with Gasteiger partial charge in [0.25, 0.3) is 6.29 Å². The second kappa shape index (κ2) is 8.03. The molecule has 3 aromatic rings. The summed E-state index contributed by atoms with van der Waals surface area (Å²) in [6, 6.07) is 19.0. The van der Waals surface area contributed by atoms with Crippen molar-refractivity contribution in [3.8, 4) is 5.75 Å². The van der Waals surface area contributed by atoms with Gasteiger partial charge in [-0.1, -0.05) is 54.6 Å². The predicted molar refractivity (Wildman–Crippen MR) is 122 cm³/mol. The fourth-order valence-corrected chi connectivity index (χ4v) is 4.60. The maximum atomic E-state index is 6.22. The first-order chi connectivity index (χ1) is 15.1. The van der Waals surface area contributed by atoms with Crippen LogP contribution in [0.1, 0.15) is 51.2 Å². The zero-order valence-electron chi connectivity index (χ0n) is 18.1. The van der Waals surface area contributed by atoms with Crippen LogP contribution in [0.3, 0.4) is 0 Å². The van der Waals surface area contributed by atoms with Crippen LogP contribution in [-0.4, -0.2) is 6.61 Å². The summed E-state index contributed by atoms with van der Waals surface area (Å²) in [5.74, 6) is 1.25. The Hall–Kier alpha value is -3.40. The third-order valence-corrected chi connectivity index (χ3v) is 6.43. The highest BCUT2D eigenvalue weighted by Crippen LogP contribution is 2.47. The Morgan fingerprint density at radius 1 is 0.806 bits per heavy atom. The highest BCUT2D eigenvalue weighted by atomic mass is 16.7. The SMILES string of the molecule is Cc1c(C)c2c(c(C)c1NCc1ccccc1)C(c1ccc(C3OC=CO3)cc1)CO2. The van der Waals surface area contributed by atoms with Gasteiger partial charge in [0, 0.05) is 29.3 Å². The fourth-order valence-electron chi connectivity index (χ4n) is 4.60. The van der Waals surface area contributed by atoms with Crippen molar-refractivity contribution < 1.29 is 14.2 Å². The van der Waals surface area contributed by atoms with Crippen molar-refractivity contribution in [2.24, 2.45) is 0 Å². The van der Waals surface area contributed by atoms with Gasteiger partial charge in [-0.15, -0.1) is 0 Å². The quantitative estimate of drug-likeness (QED) is 0.535. The molecule has 1 atom stereocenters. The number of hydrogen-bond donors (Lipinski definition) is 1. The normalized spacial score (nSPS) is 17.1. The lowest BCUT2D eigenvalue weighted by Gasteiger charge is -2.21. The van der Waals surface area contributed by atoms with E-state index >= 15 is 0 Å². The highest BCUT2D eigenvalue weighted by molar-refractivity contribution is 5.70. The van der Waals surface area contributed by atoms with E-state index in [9.17, 15) is 0 Å². The predicted octanol–water partition coefficient (Wildman–Crippen LogP) is 6.26. The van der Waals surface area contributed by atoms with Crippen LogP contribution in [0.15, 0.2) is 67.1 Å². The Morgan fingerprint density at radius 2 is 1.48 bits per heavy atom. The molecule has 4 nitrogen and oxygen atoms in total. The first-order valence-electron chi connectivity index (χ1n) is 10.7. The summed E-state index contributed by atoms with van der Waals surface area (Å²) in [5.41, 5.74) is 9.78. The van der Waals surface area contributed by atoms with Crippen LogP contribution in [-0.2, 0) is 16.0 Å². The molecule has 2 aliphatic heterocycles. The molecule has 0 radical (unpaired) electrons. The van der Waals surface area contributed by atoms with Crippen LogP contribution < -0.4 is 10.1 Å². The number of ether oxygens (including phenoxy) is 3. The van der Waals surface area contributed by atoms with E-state index in [1.165, 1.54) is 39.1 Å². The first-order valence-corrected chi connectivity index (χ1v) is 10.7. The summed E-state index contributed by atoms with van der Waals surface area (Å²) in [7, 11) is 0. The average Bonchev–Trinajstić information content (AvgIpc) is 3.49. The minimum Gasteiger partial charge on any atom is -0.492 e. The number of nitrogens with one attached hydrogen (secondary N) is 1. The molecule has 2 aliphatic rings. The molecule has 0 amide bonds. The zero-order chi connectivity index (χ0) is 21.4. The van der Waals surface area contributed by atoms with E-state index in [1.807, 2.05) is 6.07 Å². The molecule has 5 rings (SSSR count). The molecule has 0 aromatic heterocycles. The summed E-state index contributed by atoms with van der Waals surface area (Å²) in [4.78, 5) is 0. The third kappa shape index (κ3) is 3.52. The van der Waals surface area contributed by atoms with Gasteiger partial charge < -0.3 is 19.5 Å². The highest BCUT2D eigenvalue weighted by Gasteiger charge is 2.32. The van der Waals surface area contributed by atoms with Crippen molar-refractivity contribution in [3.63, 3.8) is 0 Å². The van der Waals surface area contributed by atoms with E-state index in [4.69, 9.17) is 14.2 Å². The lowest BCUT2D eigenvalue weighted by molar-refractivity contribution is -0.0246. The summed E-state index contributed by atoms with van der Waals surface area (Å²) >= 11 is 0. The monoisotopic (exact) mass is 413 g/mol. The van der Waals surface area contributed by atoms with Gasteiger partial charge >= 0.3 is 0 Å². The molecule has 0 spiro atoms. The molecule has 1 N–H and O–H groups in total. The number of hydrogen-bond acceptors (Lipinski definition) is 4. The smallest absolute Gasteiger partial charge is 0.266 e. The first kappa shape index (κ1) is 19.6. The van der Waals surface area contributed by atoms with Crippen LogP contribution in [0.5, 0.6) is 5.75 Å². The maximum Gasteiger partial charge on any atom is 0.266 e. The van der Waals surface area contributed by atoms with Crippen molar-refractivity contribution >= 4 is 5.69 Å². The minimum absolute atomic E-state index is 0.212. The summed E-state index contributed by atoms with van der Waals surface area (Å²) in [5, 5.41) is 3.69. The molecule has 0 saturated carbocycles. The Bertz CT molecular complexity index is 1110. The van der Waals surface area contributed by atoms with E-state index in [2.05, 4.69) is 74.6 Å². The van der Waals surface area contributed by atoms with Crippen molar-refractivity contribution in [1.82, 2.24) is 0 Å². The largest absolute Gasteiger partial charge is 0.492 e. The number of anilines is 1. The third-order valence-electron chi connectivity index (χ3n) is 6.43. The van der Waals surface area contributed by atoms with E-state index in [1.54, 1.807) is 12.5 Å². The zero-order valence-corrected chi connectivity index (χ0v) is 18.1. The summed E-state index contributed by atoms with van der Waals surface area (Å²) < 4.78 is 17.1. The standard InChI is InChI=1S/C27H27NO3/c1-17-18(2)26-24(19(3)25(17)28-15-20-7-5-4-6-8-20)23(16-31-26)21-9-11-22(12-10-21)27-29-13-14-30-27/h4-14,23,27-28H,15-16H2,1-3H3. The van der Waals surface area contributed by atoms with Gasteiger partial charge in [-0.05, 0) is 48.6 Å². The lowest BCUT2D eigenvalue weighted by Crippen LogP contribution is -2.08. The van der Waals surface area contributed by atoms with Crippen molar-refractivity contribution in [1.29, 1.82) is 0 Å². The van der Waals surface area contributed by atoms with Crippen LogP contribution >= 0.6 is 0 Å². The lowest BCUT2D eigenvalue weighted by atomic mass is 9.86. The molecule has 0 fully saturated rings. The number of rotatable bonds is 5. The molecule has 0 bridgehead atoms. The molecule has 1 unspecified atom stereocenters. The van der Waals surface area contributed by atoms with Gasteiger partial charge in [0.05, 0.1) is 6.61 Å². The molecule has 3 aromatic carbocycles. The Balaban J connectivity index is 1.46. The van der Waals surface area contributed by atoms with Crippen molar-refractivity contribution in [2.45, 2.75) is 39.5 Å². The molecule has 2 heterocycles. The van der Waals surface area contributed by atoms with Gasteiger partial charge in [0.15, 0.2) is 0 Å². The van der Waals surface area contributed by atoms with Crippen LogP contribution in [0.4, 0.5) is 5.69 Å². The van der Waals surface area contributed by atoms with Gasteiger partial charge in [-0.2, -0.15) is 0 Å². The molecule has 0 saturated heterocycles. The second-order valence-electron chi connectivity index (χ2n) is 8.24. The molecule has 0 aliphatic carbocycles. The van der Waals surface area contributed by atoms with E-state index in [-0.39, 0.29) is 12.2 Å². The summed E-state index contributed by atoms with van der Waals surface area (Å²) in [6.07, 6.45) is 2.82. The van der Waals surface area contributed by atoms with Crippen LogP contribution in [0.25, 0.3) is 0 Å². The fraction of sp³-hybridized carbons (Fsp3) is 0.259. The van der Waals surface area contributed by atoms with E-state index in [0.717, 1.165) is 17.9 Å². The maximum absolute atomic E-state index is 6.22. The van der Waals surface area contributed by atoms with Gasteiger partial charge in [-0.25, -0.2) is 0 Å². The molecule has 158 valence electrons. The van der Waals surface area contributed by atoms with E-state index in [0.29, 0.717) is 6.61 Å². The van der Waals surface area contributed by atoms with Gasteiger partial charge in [0.2, 0.25) is 0 Å². The number of benzene rings is 3. The summed E-state index contributed by atoms with van der Waals surface area (Å²) in [6.45, 7) is 8.01. The Kier molecular flexibility index (Phi) is 5.06. The van der Waals surface area contributed by atoms with Crippen molar-refractivity contribution in [2.75, 3.05) is 11.9 Å². The Labute approximate surface area is 183 Å².